The van der Waals surface area contributed by atoms with Gasteiger partial charge in [0.2, 0.25) is 5.91 Å². The molecule has 0 saturated carbocycles. The number of hydrogen-bond acceptors (Lipinski definition) is 4. The van der Waals surface area contributed by atoms with Crippen molar-refractivity contribution in [2.75, 3.05) is 53.9 Å². The smallest absolute Gasteiger partial charge is 0.239 e. The molecule has 1 saturated heterocycles. The first-order chi connectivity index (χ1) is 15.0. The van der Waals surface area contributed by atoms with Crippen LogP contribution >= 0.6 is 24.0 Å². The molecule has 1 fully saturated rings. The molecule has 1 aliphatic heterocycles. The van der Waals surface area contributed by atoms with Gasteiger partial charge >= 0.3 is 0 Å². The number of halogens is 1. The number of methoxy groups -OCH3 is 1. The van der Waals surface area contributed by atoms with E-state index in [-0.39, 0.29) is 35.9 Å². The molecule has 1 heterocycles. The third kappa shape index (κ3) is 9.13. The topological polar surface area (TPSA) is 69.2 Å². The van der Waals surface area contributed by atoms with Crippen molar-refractivity contribution < 1.29 is 9.53 Å². The summed E-state index contributed by atoms with van der Waals surface area (Å²) in [5.41, 5.74) is 1.32. The largest absolute Gasteiger partial charge is 0.497 e. The number of likely N-dealkylation sites (tertiary alicyclic amines) is 1. The van der Waals surface area contributed by atoms with Gasteiger partial charge in [-0.05, 0) is 62.8 Å². The number of nitrogens with one attached hydrogen (secondary N) is 2. The minimum Gasteiger partial charge on any atom is -0.497 e. The number of ether oxygens (including phenoxy) is 1. The molecule has 0 radical (unpaired) electrons. The maximum absolute atomic E-state index is 12.3. The van der Waals surface area contributed by atoms with E-state index in [0.29, 0.717) is 5.92 Å². The lowest BCUT2D eigenvalue weighted by atomic mass is 9.98. The lowest BCUT2D eigenvalue weighted by Crippen LogP contribution is -2.43. The first kappa shape index (κ1) is 28.5. The van der Waals surface area contributed by atoms with Crippen LogP contribution < -0.4 is 15.4 Å². The van der Waals surface area contributed by atoms with Crippen LogP contribution in [0.3, 0.4) is 0 Å². The fourth-order valence-corrected chi connectivity index (χ4v) is 3.98. The Bertz CT molecular complexity index is 696. The number of guanidine groups is 1. The summed E-state index contributed by atoms with van der Waals surface area (Å²) in [7, 11) is 5.37. The summed E-state index contributed by atoms with van der Waals surface area (Å²) in [4.78, 5) is 21.1. The number of rotatable bonds is 11. The Labute approximate surface area is 211 Å². The van der Waals surface area contributed by atoms with Gasteiger partial charge in [-0.25, -0.2) is 0 Å². The fourth-order valence-electron chi connectivity index (χ4n) is 3.98. The summed E-state index contributed by atoms with van der Waals surface area (Å²) in [6.07, 6.45) is 4.05. The second-order valence-electron chi connectivity index (χ2n) is 8.43. The Morgan fingerprint density at radius 1 is 1.28 bits per heavy atom. The Hall–Kier alpha value is -1.55. The Morgan fingerprint density at radius 3 is 2.62 bits per heavy atom. The van der Waals surface area contributed by atoms with Gasteiger partial charge in [-0.15, -0.1) is 24.0 Å². The summed E-state index contributed by atoms with van der Waals surface area (Å²) in [5.74, 6) is 2.44. The average molecular weight is 560 g/mol. The molecule has 0 aromatic heterocycles. The first-order valence-electron chi connectivity index (χ1n) is 11.6. The number of likely N-dealkylation sites (N-methyl/N-ethyl adjacent to an activating group) is 1. The van der Waals surface area contributed by atoms with Crippen LogP contribution in [0.1, 0.15) is 51.0 Å². The van der Waals surface area contributed by atoms with Gasteiger partial charge in [0.25, 0.3) is 0 Å². The van der Waals surface area contributed by atoms with Crippen molar-refractivity contribution in [3.63, 3.8) is 0 Å². The van der Waals surface area contributed by atoms with Crippen LogP contribution in [0.4, 0.5) is 0 Å². The van der Waals surface area contributed by atoms with Gasteiger partial charge in [0, 0.05) is 40.3 Å². The molecule has 0 aliphatic carbocycles. The number of aliphatic imine (C=N–C) groups is 1. The van der Waals surface area contributed by atoms with Gasteiger partial charge in [-0.3, -0.25) is 14.7 Å². The van der Waals surface area contributed by atoms with Crippen molar-refractivity contribution in [1.82, 2.24) is 20.4 Å². The molecule has 1 amide bonds. The zero-order chi connectivity index (χ0) is 22.6. The molecule has 2 rings (SSSR count). The van der Waals surface area contributed by atoms with Crippen LogP contribution in [-0.2, 0) is 4.79 Å². The summed E-state index contributed by atoms with van der Waals surface area (Å²) in [5, 5.41) is 6.78. The van der Waals surface area contributed by atoms with Crippen molar-refractivity contribution in [3.8, 4) is 5.75 Å². The van der Waals surface area contributed by atoms with E-state index < -0.39 is 0 Å². The highest BCUT2D eigenvalue weighted by Crippen LogP contribution is 2.21. The van der Waals surface area contributed by atoms with Gasteiger partial charge in [0.05, 0.1) is 13.2 Å². The molecule has 182 valence electrons. The standard InChI is InChI=1S/C24H41N5O2.HI/c1-6-25-24(27-16-14-19(2)20-10-12-21(31-5)13-11-20)26-15-8-18-29-17-7-9-22(29)23(30)28(3)4;/h10-13,19,22H,6-9,14-18H2,1-5H3,(H2,25,26,27);1H. The third-order valence-electron chi connectivity index (χ3n) is 5.86. The summed E-state index contributed by atoms with van der Waals surface area (Å²) in [6.45, 7) is 8.71. The third-order valence-corrected chi connectivity index (χ3v) is 5.86. The van der Waals surface area contributed by atoms with Gasteiger partial charge in [-0.2, -0.15) is 0 Å². The number of amides is 1. The molecule has 1 aromatic carbocycles. The highest BCUT2D eigenvalue weighted by Gasteiger charge is 2.30. The minimum absolute atomic E-state index is 0. The van der Waals surface area contributed by atoms with Crippen LogP contribution in [-0.4, -0.2) is 81.6 Å². The number of carbonyl (C=O) groups excluding carboxylic acids is 1. The molecule has 1 aromatic rings. The van der Waals surface area contributed by atoms with Gasteiger partial charge in [-0.1, -0.05) is 19.1 Å². The molecule has 7 nitrogen and oxygen atoms in total. The van der Waals surface area contributed by atoms with Crippen LogP contribution in [0, 0.1) is 0 Å². The van der Waals surface area contributed by atoms with Crippen molar-refractivity contribution in [2.24, 2.45) is 4.99 Å². The molecule has 0 bridgehead atoms. The molecule has 1 aliphatic rings. The second kappa shape index (κ2) is 15.3. The molecule has 2 N–H and O–H groups in total. The molecule has 32 heavy (non-hydrogen) atoms. The van der Waals surface area contributed by atoms with E-state index >= 15 is 0 Å². The van der Waals surface area contributed by atoms with Gasteiger partial charge in [0.1, 0.15) is 5.75 Å². The summed E-state index contributed by atoms with van der Waals surface area (Å²) >= 11 is 0. The number of carbonyl (C=O) groups is 1. The number of benzene rings is 1. The SMILES string of the molecule is CCNC(=NCCCN1CCCC1C(=O)N(C)C)NCCC(C)c1ccc(OC)cc1.I. The Balaban J connectivity index is 0.00000512. The van der Waals surface area contributed by atoms with Crippen molar-refractivity contribution in [1.29, 1.82) is 0 Å². The normalized spacial score (nSPS) is 17.4. The predicted molar refractivity (Wildman–Crippen MR) is 143 cm³/mol. The van der Waals surface area contributed by atoms with Crippen LogP contribution in [0.2, 0.25) is 0 Å². The van der Waals surface area contributed by atoms with Gasteiger partial charge < -0.3 is 20.3 Å². The first-order valence-corrected chi connectivity index (χ1v) is 11.6. The Morgan fingerprint density at radius 2 is 2.00 bits per heavy atom. The highest BCUT2D eigenvalue weighted by molar-refractivity contribution is 14.0. The van der Waals surface area contributed by atoms with E-state index in [1.165, 1.54) is 5.56 Å². The maximum Gasteiger partial charge on any atom is 0.239 e. The minimum atomic E-state index is 0. The maximum atomic E-state index is 12.3. The van der Waals surface area contributed by atoms with Gasteiger partial charge in [0.15, 0.2) is 5.96 Å². The van der Waals surface area contributed by atoms with Crippen molar-refractivity contribution in [3.05, 3.63) is 29.8 Å². The quantitative estimate of drug-likeness (QED) is 0.189. The number of hydrogen-bond donors (Lipinski definition) is 2. The van der Waals surface area contributed by atoms with E-state index in [9.17, 15) is 4.79 Å². The second-order valence-corrected chi connectivity index (χ2v) is 8.43. The molecule has 0 spiro atoms. The molecule has 2 unspecified atom stereocenters. The van der Waals surface area contributed by atoms with Crippen LogP contribution in [0.15, 0.2) is 29.3 Å². The lowest BCUT2D eigenvalue weighted by Gasteiger charge is -2.25. The van der Waals surface area contributed by atoms with Crippen LogP contribution in [0.5, 0.6) is 5.75 Å². The number of nitrogens with zero attached hydrogens (tertiary/aromatic N) is 3. The molecular formula is C24H42IN5O2. The zero-order valence-corrected chi connectivity index (χ0v) is 22.7. The zero-order valence-electron chi connectivity index (χ0n) is 20.4. The van der Waals surface area contributed by atoms with E-state index in [1.54, 1.807) is 12.0 Å². The lowest BCUT2D eigenvalue weighted by molar-refractivity contribution is -0.133. The summed E-state index contributed by atoms with van der Waals surface area (Å²) in [6, 6.07) is 8.35. The highest BCUT2D eigenvalue weighted by atomic mass is 127. The van der Waals surface area contributed by atoms with Crippen molar-refractivity contribution in [2.45, 2.75) is 51.5 Å². The predicted octanol–water partition coefficient (Wildman–Crippen LogP) is 3.30. The van der Waals surface area contributed by atoms with Crippen molar-refractivity contribution >= 4 is 35.8 Å². The molecule has 2 atom stereocenters. The Kier molecular flexibility index (Phi) is 13.6. The van der Waals surface area contributed by atoms with E-state index in [4.69, 9.17) is 9.73 Å². The van der Waals surface area contributed by atoms with Crippen LogP contribution in [0.25, 0.3) is 0 Å². The summed E-state index contributed by atoms with van der Waals surface area (Å²) < 4.78 is 5.24. The molecule has 8 heteroatoms. The van der Waals surface area contributed by atoms with E-state index in [1.807, 2.05) is 26.2 Å². The molecular weight excluding hydrogens is 517 g/mol. The van der Waals surface area contributed by atoms with E-state index in [2.05, 4.69) is 41.5 Å². The average Bonchev–Trinajstić information content (AvgIpc) is 3.24. The van der Waals surface area contributed by atoms with E-state index in [0.717, 1.165) is 70.1 Å². The fraction of sp³-hybridized carbons (Fsp3) is 0.667. The monoisotopic (exact) mass is 559 g/mol.